The van der Waals surface area contributed by atoms with Gasteiger partial charge in [0.05, 0.1) is 18.7 Å². The molecule has 30 heavy (non-hydrogen) atoms. The molecule has 3 rings (SSSR count). The van der Waals surface area contributed by atoms with Gasteiger partial charge in [-0.2, -0.15) is 0 Å². The fraction of sp³-hybridized carbons (Fsp3) is 0.333. The lowest BCUT2D eigenvalue weighted by Gasteiger charge is -2.28. The van der Waals surface area contributed by atoms with Crippen LogP contribution in [0.1, 0.15) is 31.0 Å². The van der Waals surface area contributed by atoms with Crippen molar-refractivity contribution in [2.75, 3.05) is 33.3 Å². The second kappa shape index (κ2) is 9.59. The average molecular weight is 408 g/mol. The van der Waals surface area contributed by atoms with E-state index in [0.29, 0.717) is 24.4 Å². The van der Waals surface area contributed by atoms with E-state index in [1.165, 1.54) is 7.11 Å². The Bertz CT molecular complexity index is 935. The van der Waals surface area contributed by atoms with Crippen LogP contribution in [0.2, 0.25) is 0 Å². The first kappa shape index (κ1) is 21.6. The standard InChI is InChI=1S/C24H28N2O4/c1-4-25(5-2)14-15-26-21(17-10-7-6-8-11-17)20(23(28)24(26)29)22(27)18-12-9-13-19(16-18)30-3/h6-13,16,21,27H,4-5,14-15H2,1-3H3/b22-20+. The second-order valence-electron chi connectivity index (χ2n) is 7.16. The van der Waals surface area contributed by atoms with E-state index in [1.54, 1.807) is 29.2 Å². The van der Waals surface area contributed by atoms with Crippen LogP contribution in [0, 0.1) is 0 Å². The molecule has 1 heterocycles. The highest BCUT2D eigenvalue weighted by Gasteiger charge is 2.45. The molecule has 0 aromatic heterocycles. The Morgan fingerprint density at radius 1 is 1.07 bits per heavy atom. The van der Waals surface area contributed by atoms with Crippen LogP contribution in [0.5, 0.6) is 5.75 Å². The van der Waals surface area contributed by atoms with Crippen LogP contribution in [0.25, 0.3) is 5.76 Å². The topological polar surface area (TPSA) is 70.1 Å². The highest BCUT2D eigenvalue weighted by Crippen LogP contribution is 2.39. The molecule has 158 valence electrons. The van der Waals surface area contributed by atoms with Gasteiger partial charge in [-0.15, -0.1) is 0 Å². The highest BCUT2D eigenvalue weighted by atomic mass is 16.5. The molecule has 1 aliphatic heterocycles. The summed E-state index contributed by atoms with van der Waals surface area (Å²) in [6.07, 6.45) is 0. The Labute approximate surface area is 177 Å². The number of nitrogens with zero attached hydrogens (tertiary/aromatic N) is 2. The van der Waals surface area contributed by atoms with Gasteiger partial charge >= 0.3 is 0 Å². The lowest BCUT2D eigenvalue weighted by molar-refractivity contribution is -0.140. The van der Waals surface area contributed by atoms with Gasteiger partial charge in [-0.1, -0.05) is 56.3 Å². The zero-order valence-electron chi connectivity index (χ0n) is 17.7. The molecule has 6 nitrogen and oxygen atoms in total. The van der Waals surface area contributed by atoms with Crippen molar-refractivity contribution in [2.24, 2.45) is 0 Å². The molecule has 1 unspecified atom stereocenters. The minimum Gasteiger partial charge on any atom is -0.507 e. The number of carbonyl (C=O) groups is 2. The normalized spacial score (nSPS) is 18.3. The summed E-state index contributed by atoms with van der Waals surface area (Å²) < 4.78 is 5.24. The highest BCUT2D eigenvalue weighted by molar-refractivity contribution is 6.46. The quantitative estimate of drug-likeness (QED) is 0.412. The molecule has 1 N–H and O–H groups in total. The molecule has 0 aliphatic carbocycles. The number of likely N-dealkylation sites (N-methyl/N-ethyl adjacent to an activating group) is 1. The second-order valence-corrected chi connectivity index (χ2v) is 7.16. The number of ether oxygens (including phenoxy) is 1. The predicted molar refractivity (Wildman–Crippen MR) is 116 cm³/mol. The van der Waals surface area contributed by atoms with Crippen LogP contribution >= 0.6 is 0 Å². The number of aliphatic hydroxyl groups excluding tert-OH is 1. The van der Waals surface area contributed by atoms with Crippen molar-refractivity contribution >= 4 is 17.4 Å². The summed E-state index contributed by atoms with van der Waals surface area (Å²) >= 11 is 0. The fourth-order valence-electron chi connectivity index (χ4n) is 3.81. The Balaban J connectivity index is 2.08. The van der Waals surface area contributed by atoms with E-state index in [1.807, 2.05) is 30.3 Å². The van der Waals surface area contributed by atoms with Crippen molar-refractivity contribution in [1.29, 1.82) is 0 Å². The van der Waals surface area contributed by atoms with Crippen molar-refractivity contribution in [3.05, 3.63) is 71.3 Å². The molecule has 0 bridgehead atoms. The lowest BCUT2D eigenvalue weighted by Crippen LogP contribution is -2.38. The molecule has 1 amide bonds. The van der Waals surface area contributed by atoms with Crippen LogP contribution in [-0.4, -0.2) is 59.9 Å². The van der Waals surface area contributed by atoms with Crippen LogP contribution < -0.4 is 4.74 Å². The van der Waals surface area contributed by atoms with E-state index < -0.39 is 17.7 Å². The van der Waals surface area contributed by atoms with E-state index in [2.05, 4.69) is 18.7 Å². The van der Waals surface area contributed by atoms with E-state index in [4.69, 9.17) is 4.74 Å². The zero-order valence-corrected chi connectivity index (χ0v) is 17.7. The Hall–Kier alpha value is -3.12. The number of rotatable bonds is 8. The number of carbonyl (C=O) groups excluding carboxylic acids is 2. The molecule has 1 fully saturated rings. The fourth-order valence-corrected chi connectivity index (χ4v) is 3.81. The molecule has 1 atom stereocenters. The number of hydrogen-bond acceptors (Lipinski definition) is 5. The van der Waals surface area contributed by atoms with Gasteiger partial charge in [0.15, 0.2) is 0 Å². The molecule has 0 radical (unpaired) electrons. The van der Waals surface area contributed by atoms with Crippen LogP contribution in [0.15, 0.2) is 60.2 Å². The summed E-state index contributed by atoms with van der Waals surface area (Å²) in [5.41, 5.74) is 1.34. The van der Waals surface area contributed by atoms with Gasteiger partial charge in [-0.3, -0.25) is 9.59 Å². The number of likely N-dealkylation sites (tertiary alicyclic amines) is 1. The molecular formula is C24H28N2O4. The third-order valence-corrected chi connectivity index (χ3v) is 5.55. The van der Waals surface area contributed by atoms with E-state index in [0.717, 1.165) is 18.7 Å². The summed E-state index contributed by atoms with van der Waals surface area (Å²) in [7, 11) is 1.54. The number of aliphatic hydroxyl groups is 1. The number of amides is 1. The zero-order chi connectivity index (χ0) is 21.7. The number of methoxy groups -OCH3 is 1. The predicted octanol–water partition coefficient (Wildman–Crippen LogP) is 3.46. The van der Waals surface area contributed by atoms with Crippen molar-refractivity contribution < 1.29 is 19.4 Å². The van der Waals surface area contributed by atoms with Gasteiger partial charge < -0.3 is 19.6 Å². The summed E-state index contributed by atoms with van der Waals surface area (Å²) in [5, 5.41) is 11.1. The van der Waals surface area contributed by atoms with Crippen LogP contribution in [-0.2, 0) is 9.59 Å². The van der Waals surface area contributed by atoms with Crippen molar-refractivity contribution in [2.45, 2.75) is 19.9 Å². The maximum Gasteiger partial charge on any atom is 0.295 e. The Morgan fingerprint density at radius 2 is 1.77 bits per heavy atom. The lowest BCUT2D eigenvalue weighted by atomic mass is 9.95. The largest absolute Gasteiger partial charge is 0.507 e. The molecule has 6 heteroatoms. The average Bonchev–Trinajstić information content (AvgIpc) is 3.04. The van der Waals surface area contributed by atoms with Crippen molar-refractivity contribution in [3.8, 4) is 5.75 Å². The first-order chi connectivity index (χ1) is 14.5. The van der Waals surface area contributed by atoms with Gasteiger partial charge in [0.25, 0.3) is 11.7 Å². The Morgan fingerprint density at radius 3 is 2.40 bits per heavy atom. The SMILES string of the molecule is CCN(CC)CCN1C(=O)C(=O)/C(=C(/O)c2cccc(OC)c2)C1c1ccccc1. The minimum absolute atomic E-state index is 0.110. The minimum atomic E-state index is -0.663. The molecule has 0 spiro atoms. The molecule has 2 aromatic rings. The maximum atomic E-state index is 13.0. The first-order valence-electron chi connectivity index (χ1n) is 10.2. The van der Waals surface area contributed by atoms with Crippen LogP contribution in [0.4, 0.5) is 0 Å². The first-order valence-corrected chi connectivity index (χ1v) is 10.2. The van der Waals surface area contributed by atoms with Gasteiger partial charge in [0, 0.05) is 18.7 Å². The van der Waals surface area contributed by atoms with Gasteiger partial charge in [-0.05, 0) is 30.8 Å². The molecular weight excluding hydrogens is 380 g/mol. The summed E-state index contributed by atoms with van der Waals surface area (Å²) in [6, 6.07) is 15.6. The molecule has 1 aliphatic rings. The third kappa shape index (κ3) is 4.24. The van der Waals surface area contributed by atoms with Crippen molar-refractivity contribution in [3.63, 3.8) is 0 Å². The number of benzene rings is 2. The van der Waals surface area contributed by atoms with E-state index in [-0.39, 0.29) is 11.3 Å². The number of hydrogen-bond donors (Lipinski definition) is 1. The Kier molecular flexibility index (Phi) is 6.90. The van der Waals surface area contributed by atoms with E-state index >= 15 is 0 Å². The van der Waals surface area contributed by atoms with Gasteiger partial charge in [-0.25, -0.2) is 0 Å². The smallest absolute Gasteiger partial charge is 0.295 e. The summed E-state index contributed by atoms with van der Waals surface area (Å²) in [6.45, 7) is 6.91. The van der Waals surface area contributed by atoms with E-state index in [9.17, 15) is 14.7 Å². The van der Waals surface area contributed by atoms with Gasteiger partial charge in [0.1, 0.15) is 11.5 Å². The van der Waals surface area contributed by atoms with Crippen LogP contribution in [0.3, 0.4) is 0 Å². The number of Topliss-reactive ketones (excluding diaryl/α,β-unsaturated/α-hetero) is 1. The summed E-state index contributed by atoms with van der Waals surface area (Å²) in [4.78, 5) is 29.7. The van der Waals surface area contributed by atoms with Gasteiger partial charge in [0.2, 0.25) is 0 Å². The van der Waals surface area contributed by atoms with Crippen molar-refractivity contribution in [1.82, 2.24) is 9.80 Å². The number of ketones is 1. The third-order valence-electron chi connectivity index (χ3n) is 5.55. The molecule has 1 saturated heterocycles. The monoisotopic (exact) mass is 408 g/mol. The summed E-state index contributed by atoms with van der Waals surface area (Å²) in [5.74, 6) is -0.873. The molecule has 0 saturated carbocycles. The maximum absolute atomic E-state index is 13.0. The molecule has 2 aromatic carbocycles.